The summed E-state index contributed by atoms with van der Waals surface area (Å²) >= 11 is 0. The van der Waals surface area contributed by atoms with Crippen LogP contribution in [-0.2, 0) is 9.84 Å². The van der Waals surface area contributed by atoms with Gasteiger partial charge in [0, 0.05) is 0 Å². The van der Waals surface area contributed by atoms with Crippen molar-refractivity contribution in [2.24, 2.45) is 5.92 Å². The monoisotopic (exact) mass is 313 g/mol. The largest absolute Gasteiger partial charge is 0.222 e. The highest BCUT2D eigenvalue weighted by Gasteiger charge is 2.35. The maximum atomic E-state index is 13.3. The molecule has 1 aromatic rings. The van der Waals surface area contributed by atoms with E-state index >= 15 is 0 Å². The third-order valence-corrected chi connectivity index (χ3v) is 6.08. The second-order valence-corrected chi connectivity index (χ2v) is 7.49. The average Bonchev–Trinajstić information content (AvgIpc) is 2.71. The molecule has 1 unspecified atom stereocenters. The fourth-order valence-electron chi connectivity index (χ4n) is 2.84. The molecule has 1 aliphatic rings. The lowest BCUT2D eigenvalue weighted by atomic mass is 9.97. The minimum atomic E-state index is -3.97. The van der Waals surface area contributed by atoms with Gasteiger partial charge in [0.1, 0.15) is 0 Å². The molecule has 21 heavy (non-hydrogen) atoms. The van der Waals surface area contributed by atoms with E-state index in [1.807, 2.05) is 6.07 Å². The second kappa shape index (κ2) is 6.52. The molecule has 2 rings (SSSR count). The molecule has 3 nitrogen and oxygen atoms in total. The van der Waals surface area contributed by atoms with Crippen molar-refractivity contribution in [2.45, 2.75) is 48.7 Å². The second-order valence-electron chi connectivity index (χ2n) is 5.42. The summed E-state index contributed by atoms with van der Waals surface area (Å²) in [6.45, 7) is 0. The van der Waals surface area contributed by atoms with Gasteiger partial charge in [-0.15, -0.1) is 0 Å². The number of hydrogen-bond donors (Lipinski definition) is 0. The van der Waals surface area contributed by atoms with Gasteiger partial charge < -0.3 is 0 Å². The summed E-state index contributed by atoms with van der Waals surface area (Å²) in [7, 11) is -3.97. The van der Waals surface area contributed by atoms with Crippen molar-refractivity contribution in [2.75, 3.05) is 0 Å². The zero-order valence-electron chi connectivity index (χ0n) is 11.6. The molecule has 1 saturated carbocycles. The Hall–Kier alpha value is -1.48. The highest BCUT2D eigenvalue weighted by atomic mass is 32.2. The summed E-state index contributed by atoms with van der Waals surface area (Å²) in [4.78, 5) is -0.322. The van der Waals surface area contributed by atoms with Crippen molar-refractivity contribution in [3.05, 3.63) is 29.8 Å². The quantitative estimate of drug-likeness (QED) is 0.633. The van der Waals surface area contributed by atoms with E-state index in [1.165, 1.54) is 0 Å². The van der Waals surface area contributed by atoms with Gasteiger partial charge >= 0.3 is 0 Å². The van der Waals surface area contributed by atoms with Crippen molar-refractivity contribution in [3.8, 4) is 6.07 Å². The number of nitrogens with zero attached hydrogens (tertiary/aromatic N) is 1. The summed E-state index contributed by atoms with van der Waals surface area (Å²) in [5.41, 5.74) is 0. The van der Waals surface area contributed by atoms with Crippen LogP contribution >= 0.6 is 0 Å². The number of halogens is 2. The molecule has 1 atom stereocenters. The molecule has 6 heteroatoms. The maximum absolute atomic E-state index is 13.3. The minimum absolute atomic E-state index is 0.240. The van der Waals surface area contributed by atoms with Gasteiger partial charge in [0.25, 0.3) is 0 Å². The van der Waals surface area contributed by atoms with Gasteiger partial charge in [-0.05, 0) is 37.0 Å². The molecule has 114 valence electrons. The van der Waals surface area contributed by atoms with Crippen LogP contribution in [0.2, 0.25) is 0 Å². The summed E-state index contributed by atoms with van der Waals surface area (Å²) in [6, 6.07) is 4.33. The highest BCUT2D eigenvalue weighted by molar-refractivity contribution is 7.92. The highest BCUT2D eigenvalue weighted by Crippen LogP contribution is 2.31. The summed E-state index contributed by atoms with van der Waals surface area (Å²) in [5, 5.41) is 8.10. The van der Waals surface area contributed by atoms with Crippen LogP contribution < -0.4 is 0 Å². The molecule has 1 fully saturated rings. The van der Waals surface area contributed by atoms with Crippen LogP contribution in [0.1, 0.15) is 38.5 Å². The van der Waals surface area contributed by atoms with Crippen molar-refractivity contribution < 1.29 is 17.2 Å². The van der Waals surface area contributed by atoms with Crippen LogP contribution in [0.5, 0.6) is 0 Å². The van der Waals surface area contributed by atoms with Crippen LogP contribution in [0.15, 0.2) is 23.1 Å². The first-order chi connectivity index (χ1) is 9.96. The smallest absolute Gasteiger partial charge is 0.194 e. The Morgan fingerprint density at radius 2 is 1.71 bits per heavy atom. The summed E-state index contributed by atoms with van der Waals surface area (Å²) in [6.07, 6.45) is 5.24. The maximum Gasteiger partial charge on any atom is 0.194 e. The molecule has 0 aliphatic heterocycles. The third kappa shape index (κ3) is 3.41. The van der Waals surface area contributed by atoms with E-state index in [4.69, 9.17) is 0 Å². The fraction of sp³-hybridized carbons (Fsp3) is 0.533. The molecule has 0 spiro atoms. The Balaban J connectivity index is 2.35. The first-order valence-corrected chi connectivity index (χ1v) is 8.60. The number of rotatable bonds is 3. The van der Waals surface area contributed by atoms with Crippen LogP contribution in [0, 0.1) is 28.9 Å². The third-order valence-electron chi connectivity index (χ3n) is 4.01. The van der Waals surface area contributed by atoms with E-state index < -0.39 is 26.7 Å². The van der Waals surface area contributed by atoms with Crippen molar-refractivity contribution in [1.82, 2.24) is 0 Å². The number of sulfone groups is 1. The van der Waals surface area contributed by atoms with Gasteiger partial charge in [0.05, 0.1) is 11.0 Å². The molecule has 1 aromatic carbocycles. The molecule has 0 radical (unpaired) electrons. The number of hydrogen-bond acceptors (Lipinski definition) is 3. The lowest BCUT2D eigenvalue weighted by molar-refractivity contribution is 0.458. The zero-order valence-corrected chi connectivity index (χ0v) is 12.4. The van der Waals surface area contributed by atoms with E-state index in [0.717, 1.165) is 37.8 Å². The Labute approximate surface area is 123 Å². The van der Waals surface area contributed by atoms with Crippen LogP contribution in [0.3, 0.4) is 0 Å². The predicted octanol–water partition coefficient (Wildman–Crippen LogP) is 3.60. The molecule has 0 heterocycles. The van der Waals surface area contributed by atoms with Gasteiger partial charge in [0.15, 0.2) is 26.7 Å². The molecule has 0 amide bonds. The zero-order chi connectivity index (χ0) is 15.5. The van der Waals surface area contributed by atoms with Crippen molar-refractivity contribution in [3.63, 3.8) is 0 Å². The van der Waals surface area contributed by atoms with Gasteiger partial charge in [-0.1, -0.05) is 25.7 Å². The average molecular weight is 313 g/mol. The molecule has 0 N–H and O–H groups in total. The van der Waals surface area contributed by atoms with Gasteiger partial charge in [0.2, 0.25) is 0 Å². The Morgan fingerprint density at radius 3 is 2.24 bits per heavy atom. The minimum Gasteiger partial charge on any atom is -0.222 e. The normalized spacial score (nSPS) is 18.7. The van der Waals surface area contributed by atoms with Gasteiger partial charge in [-0.25, -0.2) is 17.2 Å². The van der Waals surface area contributed by atoms with E-state index in [0.29, 0.717) is 18.9 Å². The first-order valence-electron chi connectivity index (χ1n) is 7.05. The van der Waals surface area contributed by atoms with E-state index in [-0.39, 0.29) is 10.8 Å². The Morgan fingerprint density at radius 1 is 1.10 bits per heavy atom. The van der Waals surface area contributed by atoms with Crippen molar-refractivity contribution in [1.29, 1.82) is 5.26 Å². The topological polar surface area (TPSA) is 57.9 Å². The van der Waals surface area contributed by atoms with Gasteiger partial charge in [-0.3, -0.25) is 0 Å². The molecular formula is C15H17F2NO2S. The van der Waals surface area contributed by atoms with Crippen LogP contribution in [0.4, 0.5) is 8.78 Å². The summed E-state index contributed by atoms with van der Waals surface area (Å²) in [5.74, 6) is -2.55. The lowest BCUT2D eigenvalue weighted by Crippen LogP contribution is -2.28. The fourth-order valence-corrected chi connectivity index (χ4v) is 4.58. The van der Waals surface area contributed by atoms with E-state index in [1.54, 1.807) is 0 Å². The van der Waals surface area contributed by atoms with Gasteiger partial charge in [-0.2, -0.15) is 5.26 Å². The predicted molar refractivity (Wildman–Crippen MR) is 74.1 cm³/mol. The summed E-state index contributed by atoms with van der Waals surface area (Å²) < 4.78 is 51.3. The van der Waals surface area contributed by atoms with Crippen LogP contribution in [0.25, 0.3) is 0 Å². The standard InChI is InChI=1S/C15H17F2NO2S/c16-13-8-7-12(9-14(13)17)21(19,20)15(10-18)11-5-3-1-2-4-6-11/h7-9,11,15H,1-6H2. The molecule has 0 saturated heterocycles. The molecule has 0 aromatic heterocycles. The lowest BCUT2D eigenvalue weighted by Gasteiger charge is -2.20. The van der Waals surface area contributed by atoms with Crippen LogP contribution in [-0.4, -0.2) is 13.7 Å². The number of nitriles is 1. The van der Waals surface area contributed by atoms with E-state index in [9.17, 15) is 22.5 Å². The Kier molecular flexibility index (Phi) is 4.94. The molecule has 0 bridgehead atoms. The molecular weight excluding hydrogens is 296 g/mol. The SMILES string of the molecule is N#CC(C1CCCCCC1)S(=O)(=O)c1ccc(F)c(F)c1. The van der Waals surface area contributed by atoms with E-state index in [2.05, 4.69) is 0 Å². The Bertz CT molecular complexity index is 644. The first kappa shape index (κ1) is 15.9. The molecule has 1 aliphatic carbocycles. The van der Waals surface area contributed by atoms with Crippen molar-refractivity contribution >= 4 is 9.84 Å². The number of benzene rings is 1.